The van der Waals surface area contributed by atoms with Crippen molar-refractivity contribution >= 4 is 50.3 Å². The van der Waals surface area contributed by atoms with E-state index in [1.807, 2.05) is 0 Å². The first-order chi connectivity index (χ1) is 10.8. The van der Waals surface area contributed by atoms with Gasteiger partial charge in [0.1, 0.15) is 0 Å². The molecule has 0 fully saturated rings. The van der Waals surface area contributed by atoms with Crippen LogP contribution in [-0.2, 0) is 14.6 Å². The Morgan fingerprint density at radius 2 is 1.74 bits per heavy atom. The Labute approximate surface area is 142 Å². The van der Waals surface area contributed by atoms with Crippen LogP contribution in [0, 0.1) is 0 Å². The van der Waals surface area contributed by atoms with Crippen LogP contribution in [0.3, 0.4) is 0 Å². The summed E-state index contributed by atoms with van der Waals surface area (Å²) in [4.78, 5) is 11.3. The Bertz CT molecular complexity index is 968. The van der Waals surface area contributed by atoms with Gasteiger partial charge in [0.25, 0.3) is 5.91 Å². The van der Waals surface area contributed by atoms with Crippen LogP contribution in [0.1, 0.15) is 5.56 Å². The Kier molecular flexibility index (Phi) is 3.83. The zero-order chi connectivity index (χ0) is 16.8. The summed E-state index contributed by atoms with van der Waals surface area (Å²) < 4.78 is 25.0. The molecule has 0 spiro atoms. The third-order valence-corrected chi connectivity index (χ3v) is 5.97. The van der Waals surface area contributed by atoms with Crippen LogP contribution < -0.4 is 11.1 Å². The van der Waals surface area contributed by atoms with Gasteiger partial charge in [-0.25, -0.2) is 8.42 Å². The fourth-order valence-corrected chi connectivity index (χ4v) is 4.30. The first-order valence-electron chi connectivity index (χ1n) is 6.43. The molecule has 1 aliphatic heterocycles. The minimum absolute atomic E-state index is 0.0383. The van der Waals surface area contributed by atoms with E-state index in [9.17, 15) is 13.2 Å². The number of rotatable bonds is 3. The van der Waals surface area contributed by atoms with E-state index in [4.69, 9.17) is 28.9 Å². The number of halogens is 2. The molecule has 5 nitrogen and oxygen atoms in total. The Balaban J connectivity index is 2.19. The lowest BCUT2D eigenvalue weighted by Gasteiger charge is -2.10. The highest BCUT2D eigenvalue weighted by molar-refractivity contribution is 7.97. The SMILES string of the molecule is NC(=O)C1=C(Nc2ccc(Cl)c(Cl)c2)c2ccccc2S1(=O)=O. The average Bonchev–Trinajstić information content (AvgIpc) is 2.71. The van der Waals surface area contributed by atoms with Gasteiger partial charge >= 0.3 is 0 Å². The lowest BCUT2D eigenvalue weighted by atomic mass is 10.1. The maximum Gasteiger partial charge on any atom is 0.262 e. The third kappa shape index (κ3) is 2.59. The number of anilines is 1. The highest BCUT2D eigenvalue weighted by atomic mass is 35.5. The smallest absolute Gasteiger partial charge is 0.262 e. The minimum Gasteiger partial charge on any atom is -0.365 e. The molecule has 1 aliphatic rings. The molecule has 3 N–H and O–H groups in total. The van der Waals surface area contributed by atoms with Crippen LogP contribution in [-0.4, -0.2) is 14.3 Å². The number of carbonyl (C=O) groups excluding carboxylic acids is 1. The topological polar surface area (TPSA) is 89.3 Å². The molecule has 0 unspecified atom stereocenters. The number of primary amides is 1. The van der Waals surface area contributed by atoms with Crippen molar-refractivity contribution in [3.8, 4) is 0 Å². The van der Waals surface area contributed by atoms with E-state index in [1.165, 1.54) is 12.1 Å². The first kappa shape index (κ1) is 15.9. The second-order valence-corrected chi connectivity index (χ2v) is 7.49. The van der Waals surface area contributed by atoms with Crippen LogP contribution in [0.5, 0.6) is 0 Å². The molecule has 1 amide bonds. The summed E-state index contributed by atoms with van der Waals surface area (Å²) in [6.45, 7) is 0. The Hall–Kier alpha value is -2.02. The van der Waals surface area contributed by atoms with Gasteiger partial charge in [-0.15, -0.1) is 0 Å². The van der Waals surface area contributed by atoms with Crippen molar-refractivity contribution < 1.29 is 13.2 Å². The lowest BCUT2D eigenvalue weighted by Crippen LogP contribution is -2.20. The molecule has 0 bridgehead atoms. The molecule has 0 saturated carbocycles. The standard InChI is InChI=1S/C15H10Cl2N2O3S/c16-10-6-5-8(7-11(10)17)19-13-9-3-1-2-4-12(9)23(21,22)14(13)15(18)20/h1-7,19H,(H2,18,20). The Morgan fingerprint density at radius 3 is 2.39 bits per heavy atom. The van der Waals surface area contributed by atoms with Crippen molar-refractivity contribution in [1.29, 1.82) is 0 Å². The van der Waals surface area contributed by atoms with Crippen molar-refractivity contribution in [2.24, 2.45) is 5.73 Å². The van der Waals surface area contributed by atoms with Gasteiger partial charge in [-0.05, 0) is 24.3 Å². The monoisotopic (exact) mass is 368 g/mol. The van der Waals surface area contributed by atoms with Gasteiger partial charge in [-0.3, -0.25) is 4.79 Å². The molecule has 0 radical (unpaired) electrons. The van der Waals surface area contributed by atoms with Crippen molar-refractivity contribution in [3.63, 3.8) is 0 Å². The van der Waals surface area contributed by atoms with Gasteiger partial charge < -0.3 is 11.1 Å². The van der Waals surface area contributed by atoms with Gasteiger partial charge in [0.2, 0.25) is 9.84 Å². The summed E-state index contributed by atoms with van der Waals surface area (Å²) in [5, 5.41) is 3.57. The van der Waals surface area contributed by atoms with Crippen LogP contribution in [0.25, 0.3) is 5.70 Å². The Morgan fingerprint density at radius 1 is 1.04 bits per heavy atom. The quantitative estimate of drug-likeness (QED) is 0.870. The number of amides is 1. The minimum atomic E-state index is -3.95. The zero-order valence-corrected chi connectivity index (χ0v) is 13.8. The predicted octanol–water partition coefficient (Wildman–Crippen LogP) is 3.05. The molecule has 0 atom stereocenters. The number of hydrogen-bond acceptors (Lipinski definition) is 4. The zero-order valence-electron chi connectivity index (χ0n) is 11.5. The number of hydrogen-bond donors (Lipinski definition) is 2. The van der Waals surface area contributed by atoms with E-state index in [0.717, 1.165) is 0 Å². The summed E-state index contributed by atoms with van der Waals surface area (Å²) in [6.07, 6.45) is 0. The number of carbonyl (C=O) groups is 1. The lowest BCUT2D eigenvalue weighted by molar-refractivity contribution is -0.113. The van der Waals surface area contributed by atoms with E-state index in [-0.39, 0.29) is 10.6 Å². The average molecular weight is 369 g/mol. The summed E-state index contributed by atoms with van der Waals surface area (Å²) in [5.74, 6) is -1.02. The molecular weight excluding hydrogens is 359 g/mol. The van der Waals surface area contributed by atoms with E-state index in [1.54, 1.807) is 30.3 Å². The second kappa shape index (κ2) is 5.56. The van der Waals surface area contributed by atoms with Crippen molar-refractivity contribution in [1.82, 2.24) is 0 Å². The molecule has 2 aromatic rings. The molecule has 0 saturated heterocycles. The van der Waals surface area contributed by atoms with Crippen molar-refractivity contribution in [3.05, 3.63) is 63.0 Å². The largest absolute Gasteiger partial charge is 0.365 e. The number of nitrogens with one attached hydrogen (secondary N) is 1. The van der Waals surface area contributed by atoms with Gasteiger partial charge in [-0.2, -0.15) is 0 Å². The van der Waals surface area contributed by atoms with E-state index < -0.39 is 20.6 Å². The fourth-order valence-electron chi connectivity index (χ4n) is 2.37. The van der Waals surface area contributed by atoms with Crippen LogP contribution >= 0.6 is 23.2 Å². The predicted molar refractivity (Wildman–Crippen MR) is 89.8 cm³/mol. The van der Waals surface area contributed by atoms with Gasteiger partial charge in [0.15, 0.2) is 4.91 Å². The van der Waals surface area contributed by atoms with Crippen LogP contribution in [0.2, 0.25) is 10.0 Å². The number of sulfone groups is 1. The normalized spacial score (nSPS) is 15.4. The summed E-state index contributed by atoms with van der Waals surface area (Å²) in [7, 11) is -3.95. The molecule has 0 aromatic heterocycles. The van der Waals surface area contributed by atoms with E-state index >= 15 is 0 Å². The van der Waals surface area contributed by atoms with E-state index in [2.05, 4.69) is 5.32 Å². The molecule has 118 valence electrons. The molecule has 3 rings (SSSR count). The van der Waals surface area contributed by atoms with Crippen LogP contribution in [0.4, 0.5) is 5.69 Å². The second-order valence-electron chi connectivity index (χ2n) is 4.82. The highest BCUT2D eigenvalue weighted by Gasteiger charge is 2.38. The number of benzene rings is 2. The van der Waals surface area contributed by atoms with Gasteiger partial charge in [-0.1, -0.05) is 41.4 Å². The molecule has 23 heavy (non-hydrogen) atoms. The fraction of sp³-hybridized carbons (Fsp3) is 0. The summed E-state index contributed by atoms with van der Waals surface area (Å²) in [5.41, 5.74) is 6.29. The van der Waals surface area contributed by atoms with Gasteiger partial charge in [0.05, 0.1) is 20.6 Å². The van der Waals surface area contributed by atoms with Crippen LogP contribution in [0.15, 0.2) is 52.3 Å². The molecular formula is C15H10Cl2N2O3S. The number of nitrogens with two attached hydrogens (primary N) is 1. The summed E-state index contributed by atoms with van der Waals surface area (Å²) in [6, 6.07) is 11.0. The number of fused-ring (bicyclic) bond motifs is 1. The third-order valence-electron chi connectivity index (χ3n) is 3.35. The maximum absolute atomic E-state index is 12.5. The van der Waals surface area contributed by atoms with Crippen molar-refractivity contribution in [2.75, 3.05) is 5.32 Å². The van der Waals surface area contributed by atoms with E-state index in [0.29, 0.717) is 21.3 Å². The summed E-state index contributed by atoms with van der Waals surface area (Å²) >= 11 is 11.8. The van der Waals surface area contributed by atoms with Gasteiger partial charge in [0, 0.05) is 11.3 Å². The highest BCUT2D eigenvalue weighted by Crippen LogP contribution is 2.39. The molecule has 2 aromatic carbocycles. The molecule has 1 heterocycles. The molecule has 8 heteroatoms. The molecule has 0 aliphatic carbocycles. The maximum atomic E-state index is 12.5. The van der Waals surface area contributed by atoms with Crippen molar-refractivity contribution in [2.45, 2.75) is 4.90 Å². The first-order valence-corrected chi connectivity index (χ1v) is 8.67.